The third kappa shape index (κ3) is 4.12. The number of benzene rings is 2. The second-order valence-corrected chi connectivity index (χ2v) is 7.60. The molecule has 1 aliphatic heterocycles. The normalized spacial score (nSPS) is 18.1. The lowest BCUT2D eigenvalue weighted by Crippen LogP contribution is -2.36. The number of anilines is 1. The number of aryl methyl sites for hydroxylation is 2. The lowest BCUT2D eigenvalue weighted by Gasteiger charge is -2.21. The molecule has 3 rings (SSSR count). The molecule has 24 heavy (non-hydrogen) atoms. The average Bonchev–Trinajstić information content (AvgIpc) is 2.81. The van der Waals surface area contributed by atoms with Crippen LogP contribution < -0.4 is 5.32 Å². The molecular formula is C20H24N2OS. The van der Waals surface area contributed by atoms with Crippen LogP contribution in [-0.4, -0.2) is 29.8 Å². The number of amides is 2. The first-order valence-corrected chi connectivity index (χ1v) is 9.48. The van der Waals surface area contributed by atoms with Gasteiger partial charge in [-0.15, -0.1) is 0 Å². The Hall–Kier alpha value is -1.94. The van der Waals surface area contributed by atoms with Crippen molar-refractivity contribution >= 4 is 23.5 Å². The average molecular weight is 340 g/mol. The molecule has 1 saturated heterocycles. The molecule has 2 aromatic carbocycles. The second-order valence-electron chi connectivity index (χ2n) is 6.29. The van der Waals surface area contributed by atoms with Gasteiger partial charge in [0.15, 0.2) is 0 Å². The monoisotopic (exact) mass is 340 g/mol. The van der Waals surface area contributed by atoms with E-state index in [1.165, 1.54) is 11.1 Å². The lowest BCUT2D eigenvalue weighted by atomic mass is 10.0. The van der Waals surface area contributed by atoms with Crippen LogP contribution in [0.25, 0.3) is 0 Å². The Kier molecular flexibility index (Phi) is 5.46. The van der Waals surface area contributed by atoms with Crippen LogP contribution in [0.4, 0.5) is 10.5 Å². The molecule has 1 atom stereocenters. The maximum absolute atomic E-state index is 12.5. The van der Waals surface area contributed by atoms with Crippen LogP contribution in [0.1, 0.15) is 28.4 Å². The van der Waals surface area contributed by atoms with Crippen LogP contribution in [0, 0.1) is 13.8 Å². The highest BCUT2D eigenvalue weighted by Gasteiger charge is 2.22. The van der Waals surface area contributed by atoms with Gasteiger partial charge < -0.3 is 10.2 Å². The molecule has 0 aliphatic carbocycles. The smallest absolute Gasteiger partial charge is 0.321 e. The Labute approximate surface area is 148 Å². The van der Waals surface area contributed by atoms with Crippen LogP contribution in [0.2, 0.25) is 0 Å². The minimum absolute atomic E-state index is 0.00614. The first-order valence-electron chi connectivity index (χ1n) is 8.43. The number of carbonyl (C=O) groups excluding carboxylic acids is 1. The highest BCUT2D eigenvalue weighted by Crippen LogP contribution is 2.35. The number of hydrogen-bond donors (Lipinski definition) is 1. The van der Waals surface area contributed by atoms with Crippen molar-refractivity contribution in [2.45, 2.75) is 25.5 Å². The van der Waals surface area contributed by atoms with Crippen LogP contribution >= 0.6 is 11.8 Å². The molecule has 2 aromatic rings. The fourth-order valence-electron chi connectivity index (χ4n) is 3.10. The summed E-state index contributed by atoms with van der Waals surface area (Å²) in [6.07, 6.45) is 0.997. The number of urea groups is 1. The minimum Gasteiger partial charge on any atom is -0.324 e. The standard InChI is InChI=1S/C20H24N2OS/c1-15-6-5-8-17(14-15)21-20(23)22-11-10-19(24-13-12-22)18-9-4-3-7-16(18)2/h3-9,14,19H,10-13H2,1-2H3,(H,21,23). The summed E-state index contributed by atoms with van der Waals surface area (Å²) in [5.74, 6) is 0.972. The second kappa shape index (κ2) is 7.75. The quantitative estimate of drug-likeness (QED) is 0.833. The number of rotatable bonds is 2. The van der Waals surface area contributed by atoms with Gasteiger partial charge in [0.05, 0.1) is 0 Å². The molecule has 3 nitrogen and oxygen atoms in total. The highest BCUT2D eigenvalue weighted by atomic mass is 32.2. The summed E-state index contributed by atoms with van der Waals surface area (Å²) in [5.41, 5.74) is 4.77. The molecule has 0 saturated carbocycles. The molecule has 0 aromatic heterocycles. The van der Waals surface area contributed by atoms with Crippen molar-refractivity contribution in [2.24, 2.45) is 0 Å². The highest BCUT2D eigenvalue weighted by molar-refractivity contribution is 7.99. The SMILES string of the molecule is Cc1cccc(NC(=O)N2CCSC(c3ccccc3C)CC2)c1. The number of carbonyl (C=O) groups is 1. The van der Waals surface area contributed by atoms with Gasteiger partial charge in [-0.05, 0) is 49.1 Å². The Morgan fingerprint density at radius 1 is 1.12 bits per heavy atom. The number of nitrogens with zero attached hydrogens (tertiary/aromatic N) is 1. The number of nitrogens with one attached hydrogen (secondary N) is 1. The van der Waals surface area contributed by atoms with E-state index >= 15 is 0 Å². The van der Waals surface area contributed by atoms with Crippen molar-refractivity contribution in [3.05, 3.63) is 65.2 Å². The van der Waals surface area contributed by atoms with Gasteiger partial charge in [0, 0.05) is 29.8 Å². The fourth-order valence-corrected chi connectivity index (χ4v) is 4.42. The van der Waals surface area contributed by atoms with Crippen molar-refractivity contribution in [2.75, 3.05) is 24.2 Å². The largest absolute Gasteiger partial charge is 0.324 e. The van der Waals surface area contributed by atoms with Crippen LogP contribution in [0.15, 0.2) is 48.5 Å². The van der Waals surface area contributed by atoms with E-state index in [1.54, 1.807) is 0 Å². The molecule has 1 heterocycles. The van der Waals surface area contributed by atoms with Crippen molar-refractivity contribution in [3.63, 3.8) is 0 Å². The maximum atomic E-state index is 12.5. The van der Waals surface area contributed by atoms with E-state index in [9.17, 15) is 4.79 Å². The zero-order valence-corrected chi connectivity index (χ0v) is 15.1. The lowest BCUT2D eigenvalue weighted by molar-refractivity contribution is 0.215. The van der Waals surface area contributed by atoms with Crippen molar-refractivity contribution in [1.82, 2.24) is 4.90 Å². The molecule has 4 heteroatoms. The summed E-state index contributed by atoms with van der Waals surface area (Å²) >= 11 is 1.96. The van der Waals surface area contributed by atoms with Gasteiger partial charge in [-0.25, -0.2) is 4.79 Å². The first-order chi connectivity index (χ1) is 11.6. The van der Waals surface area contributed by atoms with E-state index in [2.05, 4.69) is 36.5 Å². The van der Waals surface area contributed by atoms with E-state index in [4.69, 9.17) is 0 Å². The van der Waals surface area contributed by atoms with Gasteiger partial charge in [-0.3, -0.25) is 0 Å². The summed E-state index contributed by atoms with van der Waals surface area (Å²) < 4.78 is 0. The molecule has 126 valence electrons. The van der Waals surface area contributed by atoms with Crippen LogP contribution in [0.3, 0.4) is 0 Å². The topological polar surface area (TPSA) is 32.3 Å². The molecule has 0 radical (unpaired) electrons. The molecular weight excluding hydrogens is 316 g/mol. The molecule has 2 amide bonds. The Morgan fingerprint density at radius 2 is 1.96 bits per heavy atom. The molecule has 0 spiro atoms. The predicted octanol–water partition coefficient (Wildman–Crippen LogP) is 5.02. The third-order valence-corrected chi connectivity index (χ3v) is 5.74. The summed E-state index contributed by atoms with van der Waals surface area (Å²) in [5, 5.41) is 3.50. The van der Waals surface area contributed by atoms with Crippen molar-refractivity contribution in [3.8, 4) is 0 Å². The molecule has 1 unspecified atom stereocenters. The molecule has 1 fully saturated rings. The van der Waals surface area contributed by atoms with Gasteiger partial charge in [0.1, 0.15) is 0 Å². The van der Waals surface area contributed by atoms with E-state index in [0.717, 1.165) is 36.5 Å². The van der Waals surface area contributed by atoms with Gasteiger partial charge in [0.2, 0.25) is 0 Å². The summed E-state index contributed by atoms with van der Waals surface area (Å²) in [4.78, 5) is 14.5. The Morgan fingerprint density at radius 3 is 2.75 bits per heavy atom. The van der Waals surface area contributed by atoms with Gasteiger partial charge in [0.25, 0.3) is 0 Å². The Bertz CT molecular complexity index is 716. The number of hydrogen-bond acceptors (Lipinski definition) is 2. The third-order valence-electron chi connectivity index (χ3n) is 4.43. The summed E-state index contributed by atoms with van der Waals surface area (Å²) in [6.45, 7) is 5.79. The van der Waals surface area contributed by atoms with Crippen molar-refractivity contribution in [1.29, 1.82) is 0 Å². The first kappa shape index (κ1) is 16.9. The van der Waals surface area contributed by atoms with Gasteiger partial charge >= 0.3 is 6.03 Å². The Balaban J connectivity index is 1.63. The number of thioether (sulfide) groups is 1. The van der Waals surface area contributed by atoms with E-state index in [1.807, 2.05) is 47.9 Å². The van der Waals surface area contributed by atoms with Gasteiger partial charge in [-0.2, -0.15) is 11.8 Å². The van der Waals surface area contributed by atoms with Crippen molar-refractivity contribution < 1.29 is 4.79 Å². The molecule has 0 bridgehead atoms. The predicted molar refractivity (Wildman–Crippen MR) is 103 cm³/mol. The fraction of sp³-hybridized carbons (Fsp3) is 0.350. The van der Waals surface area contributed by atoms with Crippen LogP contribution in [-0.2, 0) is 0 Å². The zero-order valence-electron chi connectivity index (χ0n) is 14.3. The molecule has 1 N–H and O–H groups in total. The van der Waals surface area contributed by atoms with E-state index in [-0.39, 0.29) is 6.03 Å². The van der Waals surface area contributed by atoms with E-state index in [0.29, 0.717) is 5.25 Å². The maximum Gasteiger partial charge on any atom is 0.321 e. The minimum atomic E-state index is 0.00614. The van der Waals surface area contributed by atoms with Crippen LogP contribution in [0.5, 0.6) is 0 Å². The summed E-state index contributed by atoms with van der Waals surface area (Å²) in [7, 11) is 0. The summed E-state index contributed by atoms with van der Waals surface area (Å²) in [6, 6.07) is 16.5. The zero-order chi connectivity index (χ0) is 16.9. The van der Waals surface area contributed by atoms with E-state index < -0.39 is 0 Å². The molecule has 1 aliphatic rings. The van der Waals surface area contributed by atoms with Gasteiger partial charge in [-0.1, -0.05) is 36.4 Å².